The number of rotatable bonds is 7. The number of hydrogen-bond acceptors (Lipinski definition) is 4. The van der Waals surface area contributed by atoms with E-state index in [0.717, 1.165) is 5.69 Å². The van der Waals surface area contributed by atoms with Gasteiger partial charge in [-0.1, -0.05) is 0 Å². The number of carbonyl (C=O) groups excluding carboxylic acids is 1. The highest BCUT2D eigenvalue weighted by Gasteiger charge is 2.14. The smallest absolute Gasteiger partial charge is 0.272 e. The van der Waals surface area contributed by atoms with Gasteiger partial charge in [-0.3, -0.25) is 14.0 Å². The van der Waals surface area contributed by atoms with E-state index in [1.807, 2.05) is 26.8 Å². The number of aromatic nitrogens is 1. The molecule has 0 aromatic carbocycles. The van der Waals surface area contributed by atoms with E-state index >= 15 is 0 Å². The first-order valence-corrected chi connectivity index (χ1v) is 8.52. The molecule has 1 aromatic rings. The molecule has 1 heterocycles. The number of anilines is 1. The topological polar surface area (TPSA) is 62.3 Å². The summed E-state index contributed by atoms with van der Waals surface area (Å²) in [5.74, 6) is 0.507. The number of pyridine rings is 1. The molecule has 0 radical (unpaired) electrons. The molecule has 0 saturated heterocycles. The summed E-state index contributed by atoms with van der Waals surface area (Å²) in [7, 11) is -0.847. The minimum Gasteiger partial charge on any atom is -0.382 e. The van der Waals surface area contributed by atoms with Gasteiger partial charge in [-0.25, -0.2) is 0 Å². The van der Waals surface area contributed by atoms with Crippen LogP contribution in [0.25, 0.3) is 0 Å². The number of nitrogens with one attached hydrogen (secondary N) is 1. The molecular formula is C14H23N3O2S. The molecule has 2 unspecified atom stereocenters. The zero-order chi connectivity index (χ0) is 15.1. The summed E-state index contributed by atoms with van der Waals surface area (Å²) in [4.78, 5) is 18.1. The Morgan fingerprint density at radius 1 is 1.45 bits per heavy atom. The molecule has 0 aliphatic carbocycles. The van der Waals surface area contributed by atoms with Gasteiger partial charge in [-0.15, -0.1) is 0 Å². The lowest BCUT2D eigenvalue weighted by Crippen LogP contribution is -2.31. The van der Waals surface area contributed by atoms with Crippen LogP contribution in [0.4, 0.5) is 5.69 Å². The van der Waals surface area contributed by atoms with Gasteiger partial charge in [0.05, 0.1) is 0 Å². The zero-order valence-electron chi connectivity index (χ0n) is 12.5. The normalized spacial score (nSPS) is 13.6. The maximum atomic E-state index is 12.2. The Labute approximate surface area is 123 Å². The van der Waals surface area contributed by atoms with E-state index < -0.39 is 10.8 Å². The quantitative estimate of drug-likeness (QED) is 0.833. The molecule has 0 aliphatic heterocycles. The van der Waals surface area contributed by atoms with Crippen LogP contribution in [0.2, 0.25) is 0 Å². The standard InChI is InChI=1S/C14H23N3O2S/c1-5-17(6-2)14(18)13-9-12(7-8-15-13)16-11(3)10-20(4)19/h7-9,11H,5-6,10H2,1-4H3,(H,15,16). The summed E-state index contributed by atoms with van der Waals surface area (Å²) < 4.78 is 11.2. The second-order valence-electron chi connectivity index (χ2n) is 4.69. The van der Waals surface area contributed by atoms with Crippen molar-refractivity contribution >= 4 is 22.4 Å². The lowest BCUT2D eigenvalue weighted by Gasteiger charge is -2.19. The van der Waals surface area contributed by atoms with Crippen LogP contribution in [0.5, 0.6) is 0 Å². The Morgan fingerprint density at radius 2 is 2.10 bits per heavy atom. The van der Waals surface area contributed by atoms with E-state index in [4.69, 9.17) is 0 Å². The third kappa shape index (κ3) is 4.92. The maximum absolute atomic E-state index is 12.2. The van der Waals surface area contributed by atoms with E-state index in [1.54, 1.807) is 23.4 Å². The fraction of sp³-hybridized carbons (Fsp3) is 0.571. The lowest BCUT2D eigenvalue weighted by atomic mass is 10.2. The average molecular weight is 297 g/mol. The van der Waals surface area contributed by atoms with Gasteiger partial charge in [0.25, 0.3) is 5.91 Å². The molecule has 0 bridgehead atoms. The number of carbonyl (C=O) groups is 1. The van der Waals surface area contributed by atoms with Gasteiger partial charge in [0, 0.05) is 53.8 Å². The summed E-state index contributed by atoms with van der Waals surface area (Å²) in [6.45, 7) is 7.19. The molecule has 1 aromatic heterocycles. The van der Waals surface area contributed by atoms with Crippen molar-refractivity contribution in [3.63, 3.8) is 0 Å². The van der Waals surface area contributed by atoms with Crippen molar-refractivity contribution in [2.75, 3.05) is 30.4 Å². The molecule has 0 aliphatic rings. The molecule has 0 fully saturated rings. The fourth-order valence-electron chi connectivity index (χ4n) is 1.99. The molecule has 1 rings (SSSR count). The minimum atomic E-state index is -0.847. The van der Waals surface area contributed by atoms with Crippen molar-refractivity contribution in [1.82, 2.24) is 9.88 Å². The second-order valence-corrected chi connectivity index (χ2v) is 6.17. The highest BCUT2D eigenvalue weighted by atomic mass is 32.2. The van der Waals surface area contributed by atoms with Gasteiger partial charge >= 0.3 is 0 Å². The minimum absolute atomic E-state index is 0.0645. The van der Waals surface area contributed by atoms with E-state index in [0.29, 0.717) is 24.5 Å². The molecule has 6 heteroatoms. The molecule has 112 valence electrons. The number of nitrogens with zero attached hydrogens (tertiary/aromatic N) is 2. The monoisotopic (exact) mass is 297 g/mol. The Bertz CT molecular complexity index is 475. The summed E-state index contributed by atoms with van der Waals surface area (Å²) in [6, 6.07) is 3.64. The van der Waals surface area contributed by atoms with Crippen LogP contribution in [0.15, 0.2) is 18.3 Å². The Balaban J connectivity index is 2.80. The van der Waals surface area contributed by atoms with Gasteiger partial charge in [-0.05, 0) is 32.9 Å². The van der Waals surface area contributed by atoms with Crippen LogP contribution in [-0.4, -0.2) is 51.1 Å². The third-order valence-corrected chi connectivity index (χ3v) is 3.90. The first-order chi connectivity index (χ1) is 9.47. The maximum Gasteiger partial charge on any atom is 0.272 e. The van der Waals surface area contributed by atoms with Crippen molar-refractivity contribution in [3.05, 3.63) is 24.0 Å². The average Bonchev–Trinajstić information content (AvgIpc) is 2.39. The molecule has 0 saturated carbocycles. The largest absolute Gasteiger partial charge is 0.382 e. The Morgan fingerprint density at radius 3 is 2.65 bits per heavy atom. The summed E-state index contributed by atoms with van der Waals surface area (Å²) in [5.41, 5.74) is 1.26. The first kappa shape index (κ1) is 16.6. The number of amides is 1. The highest BCUT2D eigenvalue weighted by molar-refractivity contribution is 7.84. The molecule has 20 heavy (non-hydrogen) atoms. The highest BCUT2D eigenvalue weighted by Crippen LogP contribution is 2.11. The second kappa shape index (κ2) is 7.99. The molecule has 5 nitrogen and oxygen atoms in total. The zero-order valence-corrected chi connectivity index (χ0v) is 13.4. The van der Waals surface area contributed by atoms with Gasteiger partial charge in [-0.2, -0.15) is 0 Å². The van der Waals surface area contributed by atoms with Crippen molar-refractivity contribution in [2.24, 2.45) is 0 Å². The third-order valence-electron chi connectivity index (χ3n) is 2.93. The van der Waals surface area contributed by atoms with E-state index in [-0.39, 0.29) is 11.9 Å². The van der Waals surface area contributed by atoms with Crippen molar-refractivity contribution in [3.8, 4) is 0 Å². The summed E-state index contributed by atoms with van der Waals surface area (Å²) in [5, 5.41) is 3.24. The van der Waals surface area contributed by atoms with Crippen molar-refractivity contribution in [2.45, 2.75) is 26.8 Å². The molecule has 2 atom stereocenters. The molecule has 1 amide bonds. The SMILES string of the molecule is CCN(CC)C(=O)c1cc(NC(C)CS(C)=O)ccn1. The molecule has 0 spiro atoms. The van der Waals surface area contributed by atoms with E-state index in [2.05, 4.69) is 10.3 Å². The van der Waals surface area contributed by atoms with Crippen LogP contribution >= 0.6 is 0 Å². The predicted molar refractivity (Wildman–Crippen MR) is 83.5 cm³/mol. The van der Waals surface area contributed by atoms with Crippen molar-refractivity contribution in [1.29, 1.82) is 0 Å². The Kier molecular flexibility index (Phi) is 6.64. The van der Waals surface area contributed by atoms with Crippen LogP contribution in [-0.2, 0) is 10.8 Å². The van der Waals surface area contributed by atoms with Crippen LogP contribution < -0.4 is 5.32 Å². The van der Waals surface area contributed by atoms with Crippen LogP contribution in [0.3, 0.4) is 0 Å². The van der Waals surface area contributed by atoms with Gasteiger partial charge < -0.3 is 10.2 Å². The number of hydrogen-bond donors (Lipinski definition) is 1. The van der Waals surface area contributed by atoms with E-state index in [9.17, 15) is 9.00 Å². The predicted octanol–water partition coefficient (Wildman–Crippen LogP) is 1.74. The van der Waals surface area contributed by atoms with E-state index in [1.165, 1.54) is 0 Å². The van der Waals surface area contributed by atoms with Crippen molar-refractivity contribution < 1.29 is 9.00 Å². The summed E-state index contributed by atoms with van der Waals surface area (Å²) in [6.07, 6.45) is 3.30. The fourth-order valence-corrected chi connectivity index (χ4v) is 2.78. The Hall–Kier alpha value is -1.43. The van der Waals surface area contributed by atoms with Crippen LogP contribution in [0.1, 0.15) is 31.3 Å². The van der Waals surface area contributed by atoms with Gasteiger partial charge in [0.1, 0.15) is 5.69 Å². The van der Waals surface area contributed by atoms with Gasteiger partial charge in [0.2, 0.25) is 0 Å². The first-order valence-electron chi connectivity index (χ1n) is 6.79. The van der Waals surface area contributed by atoms with Gasteiger partial charge in [0.15, 0.2) is 0 Å². The molecule has 1 N–H and O–H groups in total. The van der Waals surface area contributed by atoms with Crippen LogP contribution in [0, 0.1) is 0 Å². The molecular weight excluding hydrogens is 274 g/mol. The lowest BCUT2D eigenvalue weighted by molar-refractivity contribution is 0.0767. The summed E-state index contributed by atoms with van der Waals surface area (Å²) >= 11 is 0.